The van der Waals surface area contributed by atoms with Crippen LogP contribution in [0.15, 0.2) is 72.8 Å². The minimum absolute atomic E-state index is 0.0915. The minimum atomic E-state index is -0.432. The summed E-state index contributed by atoms with van der Waals surface area (Å²) in [4.78, 5) is 55.3. The first-order chi connectivity index (χ1) is 21.9. The number of amides is 4. The van der Waals surface area contributed by atoms with Crippen molar-refractivity contribution in [2.75, 3.05) is 4.90 Å². The molecule has 7 heteroatoms. The van der Waals surface area contributed by atoms with E-state index in [0.29, 0.717) is 34.7 Å². The van der Waals surface area contributed by atoms with E-state index >= 15 is 0 Å². The molecule has 6 rings (SSSR count). The molecule has 0 saturated carbocycles. The standard InChI is InChI=1S/C39H38N2O5/c1-8-24(5)40-35(42)31-16-12-27(20-33(31)37(40)44)46-28-13-17-32-34(21-28)38(45)41(36(32)43)26-11-15-30(23(4)19-26)29-14-10-25(18-22(29)3)39(6,7)9-2/h10-21,24H,8-9H2,1-7H3. The third-order valence-corrected chi connectivity index (χ3v) is 9.66. The van der Waals surface area contributed by atoms with E-state index in [0.717, 1.165) is 23.1 Å². The highest BCUT2D eigenvalue weighted by molar-refractivity contribution is 6.34. The third kappa shape index (κ3) is 5.00. The van der Waals surface area contributed by atoms with Crippen LogP contribution in [0.1, 0.15) is 106 Å². The normalized spacial score (nSPS) is 15.0. The summed E-state index contributed by atoms with van der Waals surface area (Å²) in [6, 6.07) is 21.6. The van der Waals surface area contributed by atoms with E-state index in [1.165, 1.54) is 20.9 Å². The molecule has 0 saturated heterocycles. The van der Waals surface area contributed by atoms with Crippen LogP contribution in [0.5, 0.6) is 11.5 Å². The van der Waals surface area contributed by atoms with Gasteiger partial charge >= 0.3 is 0 Å². The monoisotopic (exact) mass is 614 g/mol. The molecule has 2 aliphatic heterocycles. The summed E-state index contributed by atoms with van der Waals surface area (Å²) >= 11 is 0. The number of imide groups is 2. The maximum atomic E-state index is 13.6. The Morgan fingerprint density at radius 2 is 1.13 bits per heavy atom. The maximum Gasteiger partial charge on any atom is 0.266 e. The van der Waals surface area contributed by atoms with E-state index in [1.807, 2.05) is 39.0 Å². The number of benzene rings is 4. The second-order valence-corrected chi connectivity index (χ2v) is 13.0. The Kier molecular flexibility index (Phi) is 7.67. The van der Waals surface area contributed by atoms with Gasteiger partial charge in [0.25, 0.3) is 23.6 Å². The lowest BCUT2D eigenvalue weighted by atomic mass is 9.80. The molecule has 2 aliphatic rings. The number of hydrogen-bond donors (Lipinski definition) is 0. The minimum Gasteiger partial charge on any atom is -0.457 e. The average molecular weight is 615 g/mol. The van der Waals surface area contributed by atoms with Crippen molar-refractivity contribution < 1.29 is 23.9 Å². The number of hydrogen-bond acceptors (Lipinski definition) is 5. The van der Waals surface area contributed by atoms with Gasteiger partial charge in [0.05, 0.1) is 27.9 Å². The number of anilines is 1. The molecule has 0 bridgehead atoms. The Morgan fingerprint density at radius 3 is 1.70 bits per heavy atom. The van der Waals surface area contributed by atoms with Crippen LogP contribution in [0.25, 0.3) is 11.1 Å². The lowest BCUT2D eigenvalue weighted by Crippen LogP contribution is -2.37. The van der Waals surface area contributed by atoms with Gasteiger partial charge in [0, 0.05) is 6.04 Å². The summed E-state index contributed by atoms with van der Waals surface area (Å²) in [7, 11) is 0. The van der Waals surface area contributed by atoms with Gasteiger partial charge in [-0.05, 0) is 115 Å². The number of rotatable bonds is 8. The molecule has 0 spiro atoms. The van der Waals surface area contributed by atoms with Gasteiger partial charge < -0.3 is 4.74 Å². The van der Waals surface area contributed by atoms with Crippen molar-refractivity contribution in [3.8, 4) is 22.6 Å². The SMILES string of the molecule is CCC(C)N1C(=O)c2ccc(Oc3ccc4c(c3)C(=O)N(c3ccc(-c5ccc(C(C)(C)CC)cc5C)c(C)c3)C4=O)cc2C1=O. The molecule has 234 valence electrons. The molecule has 0 N–H and O–H groups in total. The first kappa shape index (κ1) is 31.0. The van der Waals surface area contributed by atoms with Crippen LogP contribution in [0.4, 0.5) is 5.69 Å². The highest BCUT2D eigenvalue weighted by Gasteiger charge is 2.39. The van der Waals surface area contributed by atoms with E-state index < -0.39 is 11.8 Å². The Balaban J connectivity index is 1.24. The van der Waals surface area contributed by atoms with Gasteiger partial charge in [0.2, 0.25) is 0 Å². The highest BCUT2D eigenvalue weighted by Crippen LogP contribution is 2.37. The topological polar surface area (TPSA) is 84.0 Å². The molecule has 0 aliphatic carbocycles. The van der Waals surface area contributed by atoms with Gasteiger partial charge in [-0.25, -0.2) is 4.90 Å². The Morgan fingerprint density at radius 1 is 0.630 bits per heavy atom. The fourth-order valence-corrected chi connectivity index (χ4v) is 6.22. The summed E-state index contributed by atoms with van der Waals surface area (Å²) in [6.07, 6.45) is 1.70. The third-order valence-electron chi connectivity index (χ3n) is 9.66. The van der Waals surface area contributed by atoms with Crippen molar-refractivity contribution in [2.24, 2.45) is 0 Å². The fraction of sp³-hybridized carbons (Fsp3) is 0.282. The van der Waals surface area contributed by atoms with Crippen molar-refractivity contribution >= 4 is 29.3 Å². The van der Waals surface area contributed by atoms with Crippen molar-refractivity contribution in [3.63, 3.8) is 0 Å². The zero-order valence-corrected chi connectivity index (χ0v) is 27.4. The molecule has 46 heavy (non-hydrogen) atoms. The van der Waals surface area contributed by atoms with E-state index in [1.54, 1.807) is 36.4 Å². The van der Waals surface area contributed by atoms with E-state index in [9.17, 15) is 19.2 Å². The summed E-state index contributed by atoms with van der Waals surface area (Å²) in [5.41, 5.74) is 7.37. The molecule has 4 amide bonds. The van der Waals surface area contributed by atoms with Gasteiger partial charge in [-0.2, -0.15) is 0 Å². The largest absolute Gasteiger partial charge is 0.457 e. The lowest BCUT2D eigenvalue weighted by Gasteiger charge is -2.25. The van der Waals surface area contributed by atoms with Crippen molar-refractivity contribution in [1.82, 2.24) is 4.90 Å². The lowest BCUT2D eigenvalue weighted by molar-refractivity contribution is 0.0592. The van der Waals surface area contributed by atoms with Gasteiger partial charge in [-0.3, -0.25) is 24.1 Å². The van der Waals surface area contributed by atoms with Gasteiger partial charge in [-0.15, -0.1) is 0 Å². The molecule has 4 aromatic rings. The van der Waals surface area contributed by atoms with Gasteiger partial charge in [0.1, 0.15) is 11.5 Å². The number of ether oxygens (including phenoxy) is 1. The Labute approximate surface area is 269 Å². The van der Waals surface area contributed by atoms with Crippen molar-refractivity contribution in [3.05, 3.63) is 112 Å². The van der Waals surface area contributed by atoms with Crippen LogP contribution in [0.2, 0.25) is 0 Å². The molecule has 4 aromatic carbocycles. The summed E-state index contributed by atoms with van der Waals surface area (Å²) < 4.78 is 6.03. The smallest absolute Gasteiger partial charge is 0.266 e. The molecular weight excluding hydrogens is 576 g/mol. The summed E-state index contributed by atoms with van der Waals surface area (Å²) in [5, 5.41) is 0. The van der Waals surface area contributed by atoms with Crippen LogP contribution in [0, 0.1) is 13.8 Å². The maximum absolute atomic E-state index is 13.6. The quantitative estimate of drug-likeness (QED) is 0.186. The second kappa shape index (κ2) is 11.4. The van der Waals surface area contributed by atoms with Gasteiger partial charge in [0.15, 0.2) is 0 Å². The zero-order chi connectivity index (χ0) is 33.1. The summed E-state index contributed by atoms with van der Waals surface area (Å²) in [6.45, 7) is 14.6. The number of carbonyl (C=O) groups excluding carboxylic acids is 4. The molecule has 1 atom stereocenters. The van der Waals surface area contributed by atoms with E-state index in [4.69, 9.17) is 4.74 Å². The molecule has 0 fully saturated rings. The molecule has 1 unspecified atom stereocenters. The number of carbonyl (C=O) groups is 4. The Bertz CT molecular complexity index is 1960. The van der Waals surface area contributed by atoms with Crippen LogP contribution in [-0.4, -0.2) is 34.6 Å². The van der Waals surface area contributed by atoms with Crippen molar-refractivity contribution in [1.29, 1.82) is 0 Å². The van der Waals surface area contributed by atoms with Gasteiger partial charge in [-0.1, -0.05) is 52.0 Å². The molecular formula is C39H38N2O5. The predicted octanol–water partition coefficient (Wildman–Crippen LogP) is 8.65. The predicted molar refractivity (Wildman–Crippen MR) is 179 cm³/mol. The van der Waals surface area contributed by atoms with Crippen molar-refractivity contribution in [2.45, 2.75) is 72.8 Å². The molecule has 2 heterocycles. The van der Waals surface area contributed by atoms with E-state index in [2.05, 4.69) is 45.9 Å². The first-order valence-electron chi connectivity index (χ1n) is 15.8. The van der Waals surface area contributed by atoms with Crippen LogP contribution >= 0.6 is 0 Å². The number of aryl methyl sites for hydroxylation is 2. The Hall–Kier alpha value is -5.04. The fourth-order valence-electron chi connectivity index (χ4n) is 6.22. The van der Waals surface area contributed by atoms with Crippen LogP contribution in [0.3, 0.4) is 0 Å². The summed E-state index contributed by atoms with van der Waals surface area (Å²) in [5.74, 6) is -0.790. The molecule has 0 radical (unpaired) electrons. The highest BCUT2D eigenvalue weighted by atomic mass is 16.5. The molecule has 0 aromatic heterocycles. The second-order valence-electron chi connectivity index (χ2n) is 13.0. The molecule has 7 nitrogen and oxygen atoms in total. The zero-order valence-electron chi connectivity index (χ0n) is 27.4. The van der Waals surface area contributed by atoms with E-state index in [-0.39, 0.29) is 34.4 Å². The van der Waals surface area contributed by atoms with Crippen LogP contribution < -0.4 is 9.64 Å². The van der Waals surface area contributed by atoms with Crippen LogP contribution in [-0.2, 0) is 5.41 Å². The average Bonchev–Trinajstić information content (AvgIpc) is 3.43. The first-order valence-corrected chi connectivity index (χ1v) is 15.8. The number of fused-ring (bicyclic) bond motifs is 2. The number of nitrogens with zero attached hydrogens (tertiary/aromatic N) is 2.